The molecule has 0 rings (SSSR count). The summed E-state index contributed by atoms with van der Waals surface area (Å²) in [5, 5.41) is 0. The fourth-order valence-corrected chi connectivity index (χ4v) is 7.12. The van der Waals surface area contributed by atoms with Crippen LogP contribution in [-0.2, 0) is 28.6 Å². The first kappa shape index (κ1) is 59.9. The van der Waals surface area contributed by atoms with Gasteiger partial charge in [-0.05, 0) is 103 Å². The van der Waals surface area contributed by atoms with Crippen molar-refractivity contribution >= 4 is 17.9 Å². The molecule has 0 aromatic rings. The molecule has 0 saturated carbocycles. The second-order valence-electron chi connectivity index (χ2n) is 17.4. The molecule has 6 heteroatoms. The molecule has 0 amide bonds. The van der Waals surface area contributed by atoms with E-state index < -0.39 is 6.10 Å². The van der Waals surface area contributed by atoms with Crippen LogP contribution in [0.2, 0.25) is 0 Å². The van der Waals surface area contributed by atoms with Crippen LogP contribution in [0.4, 0.5) is 0 Å². The molecule has 0 aliphatic carbocycles. The first-order chi connectivity index (χ1) is 31.0. The van der Waals surface area contributed by atoms with Gasteiger partial charge in [-0.15, -0.1) is 0 Å². The van der Waals surface area contributed by atoms with Crippen LogP contribution in [0.5, 0.6) is 0 Å². The zero-order chi connectivity index (χ0) is 45.8. The monoisotopic (exact) mass is 879 g/mol. The first-order valence-corrected chi connectivity index (χ1v) is 26.4. The SMILES string of the molecule is CCCC/C=C\CCCCCCCC(=O)OC[C@@H](COC(=O)CCCCCCCCC/C=C\CCCCCCCC)OC(=O)CCC/C=C\C/C=C\C/C=C\C/C=C\CCCCC. The summed E-state index contributed by atoms with van der Waals surface area (Å²) >= 11 is 0. The summed E-state index contributed by atoms with van der Waals surface area (Å²) in [4.78, 5) is 37.9. The summed E-state index contributed by atoms with van der Waals surface area (Å²) in [6.07, 6.45) is 64.6. The van der Waals surface area contributed by atoms with Gasteiger partial charge in [0, 0.05) is 19.3 Å². The van der Waals surface area contributed by atoms with Gasteiger partial charge >= 0.3 is 17.9 Å². The number of hydrogen-bond acceptors (Lipinski definition) is 6. The summed E-state index contributed by atoms with van der Waals surface area (Å²) in [5.41, 5.74) is 0. The molecule has 0 bridgehead atoms. The number of esters is 3. The van der Waals surface area contributed by atoms with Crippen LogP contribution in [0, 0.1) is 0 Å². The maximum absolute atomic E-state index is 12.8. The smallest absolute Gasteiger partial charge is 0.306 e. The maximum atomic E-state index is 12.8. The molecule has 0 aliphatic rings. The van der Waals surface area contributed by atoms with Gasteiger partial charge in [0.25, 0.3) is 0 Å². The van der Waals surface area contributed by atoms with Gasteiger partial charge in [-0.3, -0.25) is 14.4 Å². The van der Waals surface area contributed by atoms with Crippen LogP contribution in [0.15, 0.2) is 72.9 Å². The van der Waals surface area contributed by atoms with E-state index in [9.17, 15) is 14.4 Å². The number of ether oxygens (including phenoxy) is 3. The molecule has 0 spiro atoms. The topological polar surface area (TPSA) is 78.9 Å². The molecule has 0 N–H and O–H groups in total. The molecule has 0 saturated heterocycles. The van der Waals surface area contributed by atoms with Crippen molar-refractivity contribution < 1.29 is 28.6 Å². The highest BCUT2D eigenvalue weighted by Crippen LogP contribution is 2.14. The molecule has 0 unspecified atom stereocenters. The second-order valence-corrected chi connectivity index (χ2v) is 17.4. The Labute approximate surface area is 389 Å². The Hall–Kier alpha value is -3.15. The van der Waals surface area contributed by atoms with E-state index >= 15 is 0 Å². The standard InChI is InChI=1S/C57H98O6/c1-4-7-10-13-16-19-22-24-26-28-30-32-35-38-41-44-47-50-56(59)62-53-54(52-61-55(58)49-46-43-40-37-34-21-18-15-12-9-6-3)63-57(60)51-48-45-42-39-36-33-31-29-27-25-23-20-17-14-11-8-5-2/h15,17-18,20,24-27,31,33,39,42,54H,4-14,16,19,21-23,28-30,32,34-38,40-41,43-53H2,1-3H3/b18-15-,20-17-,26-24-,27-25-,33-31-,42-39-/t54-/m0/s1. The van der Waals surface area contributed by atoms with E-state index in [2.05, 4.69) is 93.7 Å². The van der Waals surface area contributed by atoms with Gasteiger partial charge in [-0.1, -0.05) is 203 Å². The summed E-state index contributed by atoms with van der Waals surface area (Å²) in [6.45, 7) is 6.51. The maximum Gasteiger partial charge on any atom is 0.306 e. The van der Waals surface area contributed by atoms with Gasteiger partial charge < -0.3 is 14.2 Å². The Morgan fingerprint density at radius 3 is 1.03 bits per heavy atom. The van der Waals surface area contributed by atoms with Crippen molar-refractivity contribution in [2.24, 2.45) is 0 Å². The number of hydrogen-bond donors (Lipinski definition) is 0. The third-order valence-electron chi connectivity index (χ3n) is 11.2. The molecule has 0 aromatic carbocycles. The minimum absolute atomic E-state index is 0.102. The fourth-order valence-electron chi connectivity index (χ4n) is 7.12. The number of allylic oxidation sites excluding steroid dienone is 12. The van der Waals surface area contributed by atoms with E-state index in [1.807, 2.05) is 0 Å². The summed E-state index contributed by atoms with van der Waals surface area (Å²) in [6, 6.07) is 0. The Morgan fingerprint density at radius 2 is 0.603 bits per heavy atom. The van der Waals surface area contributed by atoms with E-state index in [0.29, 0.717) is 19.3 Å². The molecular weight excluding hydrogens is 781 g/mol. The Kier molecular flexibility index (Phi) is 48.9. The van der Waals surface area contributed by atoms with Gasteiger partial charge in [0.2, 0.25) is 0 Å². The quantitative estimate of drug-likeness (QED) is 0.0262. The van der Waals surface area contributed by atoms with Crippen molar-refractivity contribution in [2.45, 2.75) is 258 Å². The van der Waals surface area contributed by atoms with E-state index in [-0.39, 0.29) is 37.5 Å². The highest BCUT2D eigenvalue weighted by atomic mass is 16.6. The highest BCUT2D eigenvalue weighted by Gasteiger charge is 2.19. The molecule has 0 aromatic heterocycles. The number of carbonyl (C=O) groups is 3. The van der Waals surface area contributed by atoms with Crippen molar-refractivity contribution in [1.82, 2.24) is 0 Å². The average molecular weight is 879 g/mol. The number of carbonyl (C=O) groups excluding carboxylic acids is 3. The number of rotatable bonds is 47. The molecule has 6 nitrogen and oxygen atoms in total. The molecule has 0 radical (unpaired) electrons. The van der Waals surface area contributed by atoms with Crippen LogP contribution in [0.25, 0.3) is 0 Å². The van der Waals surface area contributed by atoms with Crippen LogP contribution in [0.3, 0.4) is 0 Å². The van der Waals surface area contributed by atoms with Gasteiger partial charge in [-0.25, -0.2) is 0 Å². The minimum Gasteiger partial charge on any atom is -0.462 e. The van der Waals surface area contributed by atoms with Gasteiger partial charge in [0.1, 0.15) is 13.2 Å². The van der Waals surface area contributed by atoms with Crippen molar-refractivity contribution in [3.05, 3.63) is 72.9 Å². The zero-order valence-corrected chi connectivity index (χ0v) is 41.3. The fraction of sp³-hybridized carbons (Fsp3) is 0.737. The Balaban J connectivity index is 4.46. The van der Waals surface area contributed by atoms with E-state index in [1.54, 1.807) is 0 Å². The lowest BCUT2D eigenvalue weighted by Gasteiger charge is -2.18. The largest absolute Gasteiger partial charge is 0.462 e. The molecule has 0 heterocycles. The molecule has 0 aliphatic heterocycles. The van der Waals surface area contributed by atoms with Crippen LogP contribution < -0.4 is 0 Å². The predicted octanol–water partition coefficient (Wildman–Crippen LogP) is 17.4. The van der Waals surface area contributed by atoms with E-state index in [4.69, 9.17) is 14.2 Å². The van der Waals surface area contributed by atoms with Gasteiger partial charge in [-0.2, -0.15) is 0 Å². The van der Waals surface area contributed by atoms with Gasteiger partial charge in [0.05, 0.1) is 0 Å². The molecular formula is C57H98O6. The van der Waals surface area contributed by atoms with Crippen molar-refractivity contribution in [1.29, 1.82) is 0 Å². The zero-order valence-electron chi connectivity index (χ0n) is 41.3. The van der Waals surface area contributed by atoms with Crippen molar-refractivity contribution in [2.75, 3.05) is 13.2 Å². The lowest BCUT2D eigenvalue weighted by molar-refractivity contribution is -0.167. The minimum atomic E-state index is -0.808. The normalized spacial score (nSPS) is 12.6. The molecule has 0 fully saturated rings. The third-order valence-corrected chi connectivity index (χ3v) is 11.2. The third kappa shape index (κ3) is 49.7. The summed E-state index contributed by atoms with van der Waals surface area (Å²) < 4.78 is 16.7. The Bertz CT molecular complexity index is 1190. The average Bonchev–Trinajstić information content (AvgIpc) is 3.28. The van der Waals surface area contributed by atoms with Crippen LogP contribution >= 0.6 is 0 Å². The Morgan fingerprint density at radius 1 is 0.317 bits per heavy atom. The van der Waals surface area contributed by atoms with Crippen LogP contribution in [-0.4, -0.2) is 37.2 Å². The second kappa shape index (κ2) is 51.5. The molecule has 362 valence electrons. The predicted molar refractivity (Wildman–Crippen MR) is 270 cm³/mol. The van der Waals surface area contributed by atoms with E-state index in [1.165, 1.54) is 128 Å². The van der Waals surface area contributed by atoms with Gasteiger partial charge in [0.15, 0.2) is 6.10 Å². The lowest BCUT2D eigenvalue weighted by atomic mass is 10.1. The number of unbranched alkanes of at least 4 members (excludes halogenated alkanes) is 24. The summed E-state index contributed by atoms with van der Waals surface area (Å²) in [5.74, 6) is -0.971. The van der Waals surface area contributed by atoms with E-state index in [0.717, 1.165) is 77.0 Å². The van der Waals surface area contributed by atoms with Crippen LogP contribution in [0.1, 0.15) is 252 Å². The summed E-state index contributed by atoms with van der Waals surface area (Å²) in [7, 11) is 0. The first-order valence-electron chi connectivity index (χ1n) is 26.4. The molecule has 63 heavy (non-hydrogen) atoms. The van der Waals surface area contributed by atoms with Crippen molar-refractivity contribution in [3.8, 4) is 0 Å². The lowest BCUT2D eigenvalue weighted by Crippen LogP contribution is -2.30. The van der Waals surface area contributed by atoms with Crippen molar-refractivity contribution in [3.63, 3.8) is 0 Å². The molecule has 1 atom stereocenters. The highest BCUT2D eigenvalue weighted by molar-refractivity contribution is 5.71.